The first-order chi connectivity index (χ1) is 11.2. The lowest BCUT2D eigenvalue weighted by Gasteiger charge is -2.19. The van der Waals surface area contributed by atoms with E-state index in [1.54, 1.807) is 12.1 Å². The second-order valence-corrected chi connectivity index (χ2v) is 5.98. The largest absolute Gasteiger partial charge is 0.508 e. The van der Waals surface area contributed by atoms with Crippen LogP contribution in [0.2, 0.25) is 0 Å². The summed E-state index contributed by atoms with van der Waals surface area (Å²) in [5, 5.41) is 17.5. The van der Waals surface area contributed by atoms with E-state index in [0.717, 1.165) is 18.7 Å². The minimum Gasteiger partial charge on any atom is -0.508 e. The van der Waals surface area contributed by atoms with Gasteiger partial charge in [0.05, 0.1) is 0 Å². The SMILES string of the molecule is CCN(CC)C(=O)CC(C)C.NC(Cc1ccc(O)cc1)C(=O)O. The summed E-state index contributed by atoms with van der Waals surface area (Å²) in [4.78, 5) is 23.6. The van der Waals surface area contributed by atoms with Gasteiger partial charge in [-0.15, -0.1) is 0 Å². The van der Waals surface area contributed by atoms with E-state index in [-0.39, 0.29) is 18.1 Å². The smallest absolute Gasteiger partial charge is 0.320 e. The molecule has 0 aliphatic rings. The lowest BCUT2D eigenvalue weighted by atomic mass is 10.1. The molecule has 24 heavy (non-hydrogen) atoms. The van der Waals surface area contributed by atoms with Gasteiger partial charge in [-0.3, -0.25) is 9.59 Å². The standard InChI is InChI=1S/C9H11NO3.C9H19NO/c10-8(9(12)13)5-6-1-3-7(11)4-2-6;1-5-10(6-2)9(11)7-8(3)4/h1-4,8,11H,5,10H2,(H,12,13);8H,5-7H2,1-4H3. The fourth-order valence-corrected chi connectivity index (χ4v) is 2.03. The molecule has 6 heteroatoms. The highest BCUT2D eigenvalue weighted by Gasteiger charge is 2.11. The monoisotopic (exact) mass is 338 g/mol. The number of phenolic OH excluding ortho intramolecular Hbond substituents is 1. The van der Waals surface area contributed by atoms with Crippen LogP contribution in [0, 0.1) is 5.92 Å². The van der Waals surface area contributed by atoms with Gasteiger partial charge < -0.3 is 20.8 Å². The van der Waals surface area contributed by atoms with Crippen molar-refractivity contribution in [2.45, 2.75) is 46.6 Å². The molecule has 0 aliphatic carbocycles. The zero-order valence-corrected chi connectivity index (χ0v) is 15.0. The molecule has 0 spiro atoms. The molecule has 136 valence electrons. The molecule has 4 N–H and O–H groups in total. The second kappa shape index (κ2) is 11.5. The summed E-state index contributed by atoms with van der Waals surface area (Å²) in [5.41, 5.74) is 6.12. The van der Waals surface area contributed by atoms with E-state index in [0.29, 0.717) is 12.3 Å². The molecule has 1 unspecified atom stereocenters. The van der Waals surface area contributed by atoms with E-state index >= 15 is 0 Å². The molecular weight excluding hydrogens is 308 g/mol. The zero-order valence-electron chi connectivity index (χ0n) is 15.0. The van der Waals surface area contributed by atoms with Crippen molar-refractivity contribution in [2.24, 2.45) is 11.7 Å². The number of carboxylic acid groups (broad SMARTS) is 1. The maximum absolute atomic E-state index is 11.3. The molecule has 1 rings (SSSR count). The Morgan fingerprint density at radius 2 is 1.62 bits per heavy atom. The number of nitrogens with zero attached hydrogens (tertiary/aromatic N) is 1. The van der Waals surface area contributed by atoms with Gasteiger partial charge in [-0.1, -0.05) is 26.0 Å². The molecule has 1 atom stereocenters. The third-order valence-corrected chi connectivity index (χ3v) is 3.41. The van der Waals surface area contributed by atoms with E-state index in [1.807, 2.05) is 18.7 Å². The molecule has 0 saturated carbocycles. The summed E-state index contributed by atoms with van der Waals surface area (Å²) >= 11 is 0. The number of nitrogens with two attached hydrogens (primary N) is 1. The summed E-state index contributed by atoms with van der Waals surface area (Å²) < 4.78 is 0. The first-order valence-corrected chi connectivity index (χ1v) is 8.25. The Hall–Kier alpha value is -2.08. The lowest BCUT2D eigenvalue weighted by Crippen LogP contribution is -2.32. The number of carboxylic acids is 1. The minimum absolute atomic E-state index is 0.160. The molecule has 0 saturated heterocycles. The highest BCUT2D eigenvalue weighted by molar-refractivity contribution is 5.76. The zero-order chi connectivity index (χ0) is 18.7. The Bertz CT molecular complexity index is 496. The Balaban J connectivity index is 0.000000449. The van der Waals surface area contributed by atoms with E-state index in [2.05, 4.69) is 13.8 Å². The van der Waals surface area contributed by atoms with Crippen LogP contribution in [0.5, 0.6) is 5.75 Å². The highest BCUT2D eigenvalue weighted by Crippen LogP contribution is 2.10. The number of aliphatic carboxylic acids is 1. The second-order valence-electron chi connectivity index (χ2n) is 5.98. The fourth-order valence-electron chi connectivity index (χ4n) is 2.03. The van der Waals surface area contributed by atoms with Crippen molar-refractivity contribution in [2.75, 3.05) is 13.1 Å². The van der Waals surface area contributed by atoms with Gasteiger partial charge in [0, 0.05) is 19.5 Å². The summed E-state index contributed by atoms with van der Waals surface area (Å²) in [5.74, 6) is -0.103. The number of aromatic hydroxyl groups is 1. The third kappa shape index (κ3) is 9.15. The van der Waals surface area contributed by atoms with Crippen LogP contribution in [0.1, 0.15) is 39.7 Å². The van der Waals surface area contributed by atoms with Gasteiger partial charge in [-0.2, -0.15) is 0 Å². The minimum atomic E-state index is -1.02. The maximum atomic E-state index is 11.3. The molecule has 0 bridgehead atoms. The topological polar surface area (TPSA) is 104 Å². The Kier molecular flexibility index (Phi) is 10.5. The van der Waals surface area contributed by atoms with E-state index < -0.39 is 12.0 Å². The highest BCUT2D eigenvalue weighted by atomic mass is 16.4. The maximum Gasteiger partial charge on any atom is 0.320 e. The number of hydrogen-bond acceptors (Lipinski definition) is 4. The number of carbonyl (C=O) groups excluding carboxylic acids is 1. The van der Waals surface area contributed by atoms with Crippen molar-refractivity contribution in [1.82, 2.24) is 4.90 Å². The molecule has 0 fully saturated rings. The van der Waals surface area contributed by atoms with Crippen molar-refractivity contribution >= 4 is 11.9 Å². The Labute approximate surface area is 144 Å². The number of rotatable bonds is 7. The van der Waals surface area contributed by atoms with Gasteiger partial charge in [-0.05, 0) is 43.9 Å². The Morgan fingerprint density at radius 1 is 1.12 bits per heavy atom. The molecule has 1 aromatic rings. The van der Waals surface area contributed by atoms with Crippen molar-refractivity contribution in [1.29, 1.82) is 0 Å². The molecule has 1 aromatic carbocycles. The quantitative estimate of drug-likeness (QED) is 0.707. The van der Waals surface area contributed by atoms with Crippen LogP contribution < -0.4 is 5.73 Å². The van der Waals surface area contributed by atoms with Gasteiger partial charge in [-0.25, -0.2) is 0 Å². The molecule has 0 aliphatic heterocycles. The third-order valence-electron chi connectivity index (χ3n) is 3.41. The predicted molar refractivity (Wildman–Crippen MR) is 94.8 cm³/mol. The van der Waals surface area contributed by atoms with Gasteiger partial charge in [0.25, 0.3) is 0 Å². The summed E-state index contributed by atoms with van der Waals surface area (Å²) in [6, 6.07) is 5.42. The van der Waals surface area contributed by atoms with E-state index in [9.17, 15) is 9.59 Å². The average molecular weight is 338 g/mol. The van der Waals surface area contributed by atoms with Crippen molar-refractivity contribution in [3.05, 3.63) is 29.8 Å². The fraction of sp³-hybridized carbons (Fsp3) is 0.556. The normalized spacial score (nSPS) is 11.4. The molecule has 0 heterocycles. The molecular formula is C18H30N2O4. The van der Waals surface area contributed by atoms with Gasteiger partial charge >= 0.3 is 5.97 Å². The number of benzene rings is 1. The van der Waals surface area contributed by atoms with Crippen molar-refractivity contribution in [3.63, 3.8) is 0 Å². The molecule has 0 radical (unpaired) electrons. The van der Waals surface area contributed by atoms with Gasteiger partial charge in [0.1, 0.15) is 11.8 Å². The molecule has 1 amide bonds. The summed E-state index contributed by atoms with van der Waals surface area (Å²) in [6.07, 6.45) is 0.956. The van der Waals surface area contributed by atoms with Crippen LogP contribution >= 0.6 is 0 Å². The number of phenols is 1. The lowest BCUT2D eigenvalue weighted by molar-refractivity contribution is -0.138. The van der Waals surface area contributed by atoms with Gasteiger partial charge in [0.15, 0.2) is 0 Å². The van der Waals surface area contributed by atoms with Crippen LogP contribution in [0.25, 0.3) is 0 Å². The number of hydrogen-bond donors (Lipinski definition) is 3. The van der Waals surface area contributed by atoms with Crippen LogP contribution in [-0.4, -0.2) is 46.1 Å². The van der Waals surface area contributed by atoms with Crippen molar-refractivity contribution < 1.29 is 19.8 Å². The molecule has 0 aromatic heterocycles. The first kappa shape index (κ1) is 21.9. The van der Waals surface area contributed by atoms with Crippen LogP contribution in [0.4, 0.5) is 0 Å². The first-order valence-electron chi connectivity index (χ1n) is 8.25. The van der Waals surface area contributed by atoms with Crippen LogP contribution in [0.3, 0.4) is 0 Å². The number of amides is 1. The van der Waals surface area contributed by atoms with E-state index in [1.165, 1.54) is 12.1 Å². The van der Waals surface area contributed by atoms with E-state index in [4.69, 9.17) is 15.9 Å². The number of carbonyl (C=O) groups is 2. The summed E-state index contributed by atoms with van der Waals surface area (Å²) in [7, 11) is 0. The summed E-state index contributed by atoms with van der Waals surface area (Å²) in [6.45, 7) is 9.84. The average Bonchev–Trinajstić information content (AvgIpc) is 2.50. The molecule has 6 nitrogen and oxygen atoms in total. The van der Waals surface area contributed by atoms with Crippen LogP contribution in [-0.2, 0) is 16.0 Å². The van der Waals surface area contributed by atoms with Crippen LogP contribution in [0.15, 0.2) is 24.3 Å². The van der Waals surface area contributed by atoms with Gasteiger partial charge in [0.2, 0.25) is 5.91 Å². The Morgan fingerprint density at radius 3 is 2.00 bits per heavy atom. The predicted octanol–water partition coefficient (Wildman–Crippen LogP) is 2.25. The van der Waals surface area contributed by atoms with Crippen molar-refractivity contribution in [3.8, 4) is 5.75 Å².